The number of carbonyl (C=O) groups is 2. The average molecular weight is 529 g/mol. The Balaban J connectivity index is 1.75. The highest BCUT2D eigenvalue weighted by molar-refractivity contribution is 6.11. The number of hydrogen-bond donors (Lipinski definition) is 1. The third-order valence-electron chi connectivity index (χ3n) is 7.19. The number of benzene rings is 3. The molecule has 3 atom stereocenters. The van der Waals surface area contributed by atoms with Crippen molar-refractivity contribution < 1.29 is 28.5 Å². The molecule has 3 aromatic rings. The molecule has 1 saturated heterocycles. The molecule has 1 fully saturated rings. The van der Waals surface area contributed by atoms with Gasteiger partial charge in [0.15, 0.2) is 0 Å². The summed E-state index contributed by atoms with van der Waals surface area (Å²) in [7, 11) is 5.33. The molecule has 204 valence electrons. The van der Waals surface area contributed by atoms with Gasteiger partial charge in [-0.2, -0.15) is 0 Å². The fourth-order valence-electron chi connectivity index (χ4n) is 5.19. The molecule has 4 rings (SSSR count). The van der Waals surface area contributed by atoms with Gasteiger partial charge in [0.25, 0.3) is 0 Å². The van der Waals surface area contributed by atoms with Crippen LogP contribution in [0.5, 0.6) is 11.5 Å². The largest absolute Gasteiger partial charge is 0.497 e. The number of esters is 1. The van der Waals surface area contributed by atoms with Crippen LogP contribution in [0, 0.1) is 0 Å². The highest BCUT2D eigenvalue weighted by atomic mass is 16.6. The molecule has 0 radical (unpaired) electrons. The van der Waals surface area contributed by atoms with E-state index in [1.165, 1.54) is 6.92 Å². The Labute approximate surface area is 231 Å². The van der Waals surface area contributed by atoms with Crippen LogP contribution >= 0.6 is 0 Å². The van der Waals surface area contributed by atoms with Crippen LogP contribution in [0.4, 0.5) is 0 Å². The summed E-state index contributed by atoms with van der Waals surface area (Å²) < 4.78 is 22.7. The summed E-state index contributed by atoms with van der Waals surface area (Å²) in [6.45, 7) is 1.57. The number of methoxy groups -OCH3 is 2. The lowest BCUT2D eigenvalue weighted by Crippen LogP contribution is -2.53. The van der Waals surface area contributed by atoms with E-state index in [0.29, 0.717) is 0 Å². The van der Waals surface area contributed by atoms with Crippen LogP contribution in [0.2, 0.25) is 0 Å². The van der Waals surface area contributed by atoms with E-state index < -0.39 is 11.5 Å². The number of nitrogens with one attached hydrogen (secondary N) is 1. The summed E-state index contributed by atoms with van der Waals surface area (Å²) in [6.07, 6.45) is 0.618. The zero-order valence-corrected chi connectivity index (χ0v) is 23.0. The number of ether oxygens (including phenoxy) is 4. The van der Waals surface area contributed by atoms with Gasteiger partial charge in [-0.05, 0) is 54.3 Å². The normalized spacial score (nSPS) is 18.9. The zero-order valence-electron chi connectivity index (χ0n) is 23.0. The SMILES string of the molecule is B[C@H]1C[C@H](NC(c2ccccc2)(c2ccc(OC)cc2)c2ccc(OC)cc2)[C@@H](COC(=O)CCC(C)=O)O1. The lowest BCUT2D eigenvalue weighted by atomic mass is 9.75. The predicted octanol–water partition coefficient (Wildman–Crippen LogP) is 3.61. The maximum absolute atomic E-state index is 12.3. The average Bonchev–Trinajstić information content (AvgIpc) is 3.32. The molecular formula is C31H36BNO6. The lowest BCUT2D eigenvalue weighted by Gasteiger charge is -2.40. The van der Waals surface area contributed by atoms with Crippen LogP contribution in [0.1, 0.15) is 42.9 Å². The Kier molecular flexibility index (Phi) is 9.43. The lowest BCUT2D eigenvalue weighted by molar-refractivity contribution is -0.148. The number of Topliss-reactive ketones (excluding diaryl/α,β-unsaturated/α-hetero) is 1. The van der Waals surface area contributed by atoms with Gasteiger partial charge in [0.05, 0.1) is 26.2 Å². The second-order valence-corrected chi connectivity index (χ2v) is 9.93. The van der Waals surface area contributed by atoms with Crippen molar-refractivity contribution in [3.8, 4) is 11.5 Å². The number of carbonyl (C=O) groups excluding carboxylic acids is 2. The van der Waals surface area contributed by atoms with Gasteiger partial charge >= 0.3 is 5.97 Å². The van der Waals surface area contributed by atoms with Crippen LogP contribution < -0.4 is 14.8 Å². The van der Waals surface area contributed by atoms with E-state index >= 15 is 0 Å². The zero-order chi connectivity index (χ0) is 27.8. The first-order valence-electron chi connectivity index (χ1n) is 13.3. The number of hydrogen-bond acceptors (Lipinski definition) is 7. The van der Waals surface area contributed by atoms with Gasteiger partial charge in [-0.1, -0.05) is 54.6 Å². The smallest absolute Gasteiger partial charge is 0.306 e. The molecule has 8 heteroatoms. The highest BCUT2D eigenvalue weighted by Crippen LogP contribution is 2.40. The predicted molar refractivity (Wildman–Crippen MR) is 152 cm³/mol. The second-order valence-electron chi connectivity index (χ2n) is 9.93. The van der Waals surface area contributed by atoms with Crippen LogP contribution in [-0.4, -0.2) is 58.6 Å². The van der Waals surface area contributed by atoms with Crippen molar-refractivity contribution in [3.63, 3.8) is 0 Å². The Morgan fingerprint density at radius 2 is 1.41 bits per heavy atom. The third kappa shape index (κ3) is 6.70. The quantitative estimate of drug-likeness (QED) is 0.218. The van der Waals surface area contributed by atoms with E-state index in [9.17, 15) is 9.59 Å². The molecule has 0 unspecified atom stereocenters. The maximum atomic E-state index is 12.3. The molecule has 39 heavy (non-hydrogen) atoms. The van der Waals surface area contributed by atoms with E-state index in [-0.39, 0.29) is 43.4 Å². The van der Waals surface area contributed by atoms with Gasteiger partial charge in [0.2, 0.25) is 0 Å². The molecule has 0 bridgehead atoms. The monoisotopic (exact) mass is 529 g/mol. The summed E-state index contributed by atoms with van der Waals surface area (Å²) in [5.74, 6) is 1.10. The molecular weight excluding hydrogens is 493 g/mol. The molecule has 0 spiro atoms. The van der Waals surface area contributed by atoms with Crippen LogP contribution in [0.3, 0.4) is 0 Å². The molecule has 0 saturated carbocycles. The van der Waals surface area contributed by atoms with Crippen molar-refractivity contribution in [1.29, 1.82) is 0 Å². The molecule has 1 heterocycles. The van der Waals surface area contributed by atoms with E-state index in [2.05, 4.69) is 41.7 Å². The Bertz CT molecular complexity index is 1180. The van der Waals surface area contributed by atoms with Crippen molar-refractivity contribution in [2.45, 2.75) is 49.9 Å². The minimum Gasteiger partial charge on any atom is -0.497 e. The van der Waals surface area contributed by atoms with Crippen molar-refractivity contribution >= 4 is 19.6 Å². The van der Waals surface area contributed by atoms with E-state index in [1.807, 2.05) is 50.3 Å². The summed E-state index contributed by atoms with van der Waals surface area (Å²) in [5, 5.41) is 3.96. The molecule has 0 amide bonds. The molecule has 1 aliphatic heterocycles. The van der Waals surface area contributed by atoms with E-state index in [1.54, 1.807) is 14.2 Å². The molecule has 1 N–H and O–H groups in total. The molecule has 1 aliphatic rings. The number of rotatable bonds is 12. The first kappa shape index (κ1) is 28.4. The summed E-state index contributed by atoms with van der Waals surface area (Å²) in [5.41, 5.74) is 2.35. The Morgan fingerprint density at radius 1 is 0.872 bits per heavy atom. The van der Waals surface area contributed by atoms with Crippen molar-refractivity contribution in [2.75, 3.05) is 20.8 Å². The van der Waals surface area contributed by atoms with Crippen molar-refractivity contribution in [3.05, 3.63) is 95.6 Å². The number of ketones is 1. The van der Waals surface area contributed by atoms with Crippen LogP contribution in [0.25, 0.3) is 0 Å². The molecule has 7 nitrogen and oxygen atoms in total. The second kappa shape index (κ2) is 13.0. The Hall–Kier alpha value is -3.62. The fraction of sp³-hybridized carbons (Fsp3) is 0.355. The summed E-state index contributed by atoms with van der Waals surface area (Å²) in [6, 6.07) is 26.2. The van der Waals surface area contributed by atoms with Crippen LogP contribution in [0.15, 0.2) is 78.9 Å². The van der Waals surface area contributed by atoms with Gasteiger partial charge in [-0.15, -0.1) is 0 Å². The van der Waals surface area contributed by atoms with Gasteiger partial charge in [0, 0.05) is 18.5 Å². The Morgan fingerprint density at radius 3 is 1.92 bits per heavy atom. The standard InChI is InChI=1S/C31H36BNO6/c1-21(34)9-18-30(35)38-20-28-27(19-29(32)39-28)33-31(22-7-5-4-6-8-22,23-10-14-25(36-2)15-11-23)24-12-16-26(37-3)17-13-24/h4-8,10-17,27-29,33H,9,18-20,32H2,1-3H3/t27-,28+,29+/m0/s1. The molecule has 3 aromatic carbocycles. The summed E-state index contributed by atoms with van der Waals surface area (Å²) >= 11 is 0. The van der Waals surface area contributed by atoms with Gasteiger partial charge < -0.3 is 23.7 Å². The summed E-state index contributed by atoms with van der Waals surface area (Å²) in [4.78, 5) is 23.6. The maximum Gasteiger partial charge on any atom is 0.306 e. The van der Waals surface area contributed by atoms with Gasteiger partial charge in [-0.3, -0.25) is 10.1 Å². The third-order valence-corrected chi connectivity index (χ3v) is 7.19. The first-order valence-corrected chi connectivity index (χ1v) is 13.3. The van der Waals surface area contributed by atoms with E-state index in [0.717, 1.165) is 34.6 Å². The van der Waals surface area contributed by atoms with Gasteiger partial charge in [0.1, 0.15) is 37.8 Å². The molecule has 0 aromatic heterocycles. The van der Waals surface area contributed by atoms with E-state index in [4.69, 9.17) is 18.9 Å². The van der Waals surface area contributed by atoms with Crippen molar-refractivity contribution in [2.24, 2.45) is 0 Å². The molecule has 0 aliphatic carbocycles. The van der Waals surface area contributed by atoms with Gasteiger partial charge in [-0.25, -0.2) is 0 Å². The highest BCUT2D eigenvalue weighted by Gasteiger charge is 2.43. The van der Waals surface area contributed by atoms with Crippen LogP contribution in [-0.2, 0) is 24.6 Å². The first-order chi connectivity index (χ1) is 18.8. The minimum atomic E-state index is -0.755. The van der Waals surface area contributed by atoms with Crippen molar-refractivity contribution in [1.82, 2.24) is 5.32 Å². The topological polar surface area (TPSA) is 83.1 Å². The minimum absolute atomic E-state index is 0.0244. The fourth-order valence-corrected chi connectivity index (χ4v) is 5.19.